The van der Waals surface area contributed by atoms with Crippen molar-refractivity contribution in [1.29, 1.82) is 0 Å². The van der Waals surface area contributed by atoms with Crippen LogP contribution in [0, 0.1) is 11.6 Å². The molecule has 0 aliphatic carbocycles. The first kappa shape index (κ1) is 14.1. The van der Waals surface area contributed by atoms with E-state index in [1.807, 2.05) is 4.90 Å². The summed E-state index contributed by atoms with van der Waals surface area (Å²) in [6, 6.07) is 3.69. The summed E-state index contributed by atoms with van der Waals surface area (Å²) in [5, 5.41) is 0. The van der Waals surface area contributed by atoms with Crippen LogP contribution in [0.1, 0.15) is 17.3 Å². The van der Waals surface area contributed by atoms with Crippen molar-refractivity contribution in [3.63, 3.8) is 0 Å². The molecule has 5 heteroatoms. The Bertz CT molecular complexity index is 479. The molecule has 1 aromatic rings. The molecule has 0 radical (unpaired) electrons. The monoisotopic (exact) mass is 268 g/mol. The van der Waals surface area contributed by atoms with Gasteiger partial charge < -0.3 is 4.90 Å². The number of hydrogen-bond donors (Lipinski definition) is 0. The van der Waals surface area contributed by atoms with Gasteiger partial charge in [-0.25, -0.2) is 8.78 Å². The van der Waals surface area contributed by atoms with Gasteiger partial charge in [0.25, 0.3) is 0 Å². The minimum atomic E-state index is -0.974. The number of Topliss-reactive ketones (excluding diaryl/α,β-unsaturated/α-hetero) is 1. The molecule has 2 rings (SSSR count). The van der Waals surface area contributed by atoms with Crippen molar-refractivity contribution < 1.29 is 13.6 Å². The summed E-state index contributed by atoms with van der Waals surface area (Å²) in [6.45, 7) is 4.89. The number of carbonyl (C=O) groups is 1. The molecule has 0 bridgehead atoms. The zero-order valence-corrected chi connectivity index (χ0v) is 11.2. The number of benzene rings is 1. The van der Waals surface area contributed by atoms with Gasteiger partial charge in [0.2, 0.25) is 0 Å². The number of carbonyl (C=O) groups excluding carboxylic acids is 1. The third kappa shape index (κ3) is 3.36. The van der Waals surface area contributed by atoms with Crippen molar-refractivity contribution in [2.45, 2.75) is 13.0 Å². The maximum atomic E-state index is 13.1. The molecular weight excluding hydrogens is 250 g/mol. The van der Waals surface area contributed by atoms with Gasteiger partial charge in [0.15, 0.2) is 17.4 Å². The van der Waals surface area contributed by atoms with E-state index in [1.165, 1.54) is 6.07 Å². The van der Waals surface area contributed by atoms with Gasteiger partial charge in [-0.15, -0.1) is 0 Å². The summed E-state index contributed by atoms with van der Waals surface area (Å²) < 4.78 is 25.9. The molecule has 1 saturated heterocycles. The van der Waals surface area contributed by atoms with Crippen LogP contribution in [0.2, 0.25) is 0 Å². The van der Waals surface area contributed by atoms with Gasteiger partial charge >= 0.3 is 0 Å². The van der Waals surface area contributed by atoms with E-state index in [1.54, 1.807) is 0 Å². The Morgan fingerprint density at radius 1 is 1.32 bits per heavy atom. The lowest BCUT2D eigenvalue weighted by atomic mass is 10.1. The zero-order valence-electron chi connectivity index (χ0n) is 11.2. The number of piperazine rings is 1. The number of nitrogens with zero attached hydrogens (tertiary/aromatic N) is 2. The molecule has 0 spiro atoms. The zero-order chi connectivity index (χ0) is 14.0. The van der Waals surface area contributed by atoms with E-state index in [-0.39, 0.29) is 17.9 Å². The second-order valence-electron chi connectivity index (χ2n) is 5.12. The van der Waals surface area contributed by atoms with Crippen LogP contribution in [0.4, 0.5) is 8.78 Å². The number of halogens is 2. The Hall–Kier alpha value is -1.33. The fourth-order valence-corrected chi connectivity index (χ4v) is 2.23. The molecule has 3 nitrogen and oxygen atoms in total. The van der Waals surface area contributed by atoms with Crippen LogP contribution in [0.15, 0.2) is 18.2 Å². The highest BCUT2D eigenvalue weighted by atomic mass is 19.2. The first-order valence-corrected chi connectivity index (χ1v) is 6.38. The van der Waals surface area contributed by atoms with Gasteiger partial charge in [-0.2, -0.15) is 0 Å². The van der Waals surface area contributed by atoms with E-state index >= 15 is 0 Å². The molecule has 0 N–H and O–H groups in total. The molecule has 19 heavy (non-hydrogen) atoms. The van der Waals surface area contributed by atoms with Crippen molar-refractivity contribution in [2.24, 2.45) is 0 Å². The largest absolute Gasteiger partial charge is 0.301 e. The molecule has 1 unspecified atom stereocenters. The topological polar surface area (TPSA) is 23.6 Å². The predicted octanol–water partition coefficient (Wildman–Crippen LogP) is 1.78. The maximum absolute atomic E-state index is 13.1. The van der Waals surface area contributed by atoms with Crippen LogP contribution in [0.25, 0.3) is 0 Å². The summed E-state index contributed by atoms with van der Waals surface area (Å²) >= 11 is 0. The van der Waals surface area contributed by atoms with Crippen LogP contribution >= 0.6 is 0 Å². The molecule has 1 heterocycles. The fraction of sp³-hybridized carbons (Fsp3) is 0.500. The van der Waals surface area contributed by atoms with Gasteiger partial charge in [0, 0.05) is 31.2 Å². The van der Waals surface area contributed by atoms with E-state index in [4.69, 9.17) is 0 Å². The van der Waals surface area contributed by atoms with Crippen LogP contribution < -0.4 is 0 Å². The number of hydrogen-bond acceptors (Lipinski definition) is 3. The molecule has 1 atom stereocenters. The number of rotatable bonds is 3. The first-order valence-electron chi connectivity index (χ1n) is 6.38. The van der Waals surface area contributed by atoms with E-state index < -0.39 is 11.6 Å². The first-order chi connectivity index (χ1) is 8.97. The van der Waals surface area contributed by atoms with Gasteiger partial charge in [-0.05, 0) is 32.2 Å². The minimum Gasteiger partial charge on any atom is -0.301 e. The Kier molecular flexibility index (Phi) is 4.27. The molecule has 0 aromatic heterocycles. The van der Waals surface area contributed by atoms with Gasteiger partial charge in [0.05, 0.1) is 6.54 Å². The van der Waals surface area contributed by atoms with Crippen molar-refractivity contribution in [2.75, 3.05) is 33.2 Å². The lowest BCUT2D eigenvalue weighted by Gasteiger charge is -2.37. The Morgan fingerprint density at radius 3 is 2.68 bits per heavy atom. The summed E-state index contributed by atoms with van der Waals surface area (Å²) in [5.74, 6) is -2.07. The molecule has 0 saturated carbocycles. The van der Waals surface area contributed by atoms with E-state index in [9.17, 15) is 13.6 Å². The van der Waals surface area contributed by atoms with Crippen molar-refractivity contribution in [3.05, 3.63) is 35.4 Å². The third-order valence-electron chi connectivity index (χ3n) is 3.65. The standard InChI is InChI=1S/C14H18F2N2O/c1-10-8-18(6-5-17(10)2)9-14(19)11-3-4-12(15)13(16)7-11/h3-4,7,10H,5-6,8-9H2,1-2H3. The average Bonchev–Trinajstić information content (AvgIpc) is 2.37. The summed E-state index contributed by atoms with van der Waals surface area (Å²) in [6.07, 6.45) is 0. The van der Waals surface area contributed by atoms with Crippen molar-refractivity contribution in [1.82, 2.24) is 9.80 Å². The molecule has 1 fully saturated rings. The van der Waals surface area contributed by atoms with E-state index in [2.05, 4.69) is 18.9 Å². The summed E-state index contributed by atoms with van der Waals surface area (Å²) in [7, 11) is 2.05. The van der Waals surface area contributed by atoms with Crippen molar-refractivity contribution >= 4 is 5.78 Å². The Balaban J connectivity index is 1.99. The highest BCUT2D eigenvalue weighted by Crippen LogP contribution is 2.12. The smallest absolute Gasteiger partial charge is 0.176 e. The molecule has 1 aliphatic heterocycles. The van der Waals surface area contributed by atoms with Crippen LogP contribution in [-0.2, 0) is 0 Å². The molecular formula is C14H18F2N2O. The van der Waals surface area contributed by atoms with Crippen molar-refractivity contribution in [3.8, 4) is 0 Å². The second-order valence-corrected chi connectivity index (χ2v) is 5.12. The SMILES string of the molecule is CC1CN(CC(=O)c2ccc(F)c(F)c2)CCN1C. The maximum Gasteiger partial charge on any atom is 0.176 e. The van der Waals surface area contributed by atoms with Crippen LogP contribution in [0.5, 0.6) is 0 Å². The second kappa shape index (κ2) is 5.75. The van der Waals surface area contributed by atoms with E-state index in [0.717, 1.165) is 31.8 Å². The molecule has 104 valence electrons. The summed E-state index contributed by atoms with van der Waals surface area (Å²) in [5.41, 5.74) is 0.227. The normalized spacial score (nSPS) is 21.6. The lowest BCUT2D eigenvalue weighted by Crippen LogP contribution is -2.51. The third-order valence-corrected chi connectivity index (χ3v) is 3.65. The lowest BCUT2D eigenvalue weighted by molar-refractivity contribution is 0.0785. The van der Waals surface area contributed by atoms with Gasteiger partial charge in [0.1, 0.15) is 0 Å². The van der Waals surface area contributed by atoms with E-state index in [0.29, 0.717) is 6.04 Å². The molecule has 1 aromatic carbocycles. The fourth-order valence-electron chi connectivity index (χ4n) is 2.23. The number of ketones is 1. The summed E-state index contributed by atoms with van der Waals surface area (Å²) in [4.78, 5) is 16.3. The predicted molar refractivity (Wildman–Crippen MR) is 69.2 cm³/mol. The highest BCUT2D eigenvalue weighted by molar-refractivity contribution is 5.97. The van der Waals surface area contributed by atoms with Gasteiger partial charge in [-0.1, -0.05) is 0 Å². The van der Waals surface area contributed by atoms with Crippen LogP contribution in [-0.4, -0.2) is 54.9 Å². The Labute approximate surface area is 111 Å². The average molecular weight is 268 g/mol. The highest BCUT2D eigenvalue weighted by Gasteiger charge is 2.22. The Morgan fingerprint density at radius 2 is 2.05 bits per heavy atom. The quantitative estimate of drug-likeness (QED) is 0.781. The van der Waals surface area contributed by atoms with Crippen LogP contribution in [0.3, 0.4) is 0 Å². The minimum absolute atomic E-state index is 0.171. The molecule has 0 amide bonds. The number of likely N-dealkylation sites (N-methyl/N-ethyl adjacent to an activating group) is 1. The molecule has 1 aliphatic rings. The van der Waals surface area contributed by atoms with Gasteiger partial charge in [-0.3, -0.25) is 9.69 Å².